The van der Waals surface area contributed by atoms with Crippen LogP contribution < -0.4 is 5.32 Å². The first kappa shape index (κ1) is 12.0. The maximum atomic E-state index is 5.32. The minimum atomic E-state index is 0.354. The Hall–Kier alpha value is -0.490. The van der Waals surface area contributed by atoms with Gasteiger partial charge in [-0.15, -0.1) is 11.3 Å². The van der Waals surface area contributed by atoms with E-state index in [1.54, 1.807) is 11.3 Å². The molecule has 0 bridgehead atoms. The van der Waals surface area contributed by atoms with Gasteiger partial charge in [0.05, 0.1) is 24.4 Å². The molecule has 1 aromatic heterocycles. The third-order valence-electron chi connectivity index (χ3n) is 2.88. The van der Waals surface area contributed by atoms with E-state index in [0.29, 0.717) is 6.04 Å². The summed E-state index contributed by atoms with van der Waals surface area (Å²) in [6.07, 6.45) is 0. The Balaban J connectivity index is 1.63. The Morgan fingerprint density at radius 2 is 2.38 bits per heavy atom. The molecule has 0 saturated carbocycles. The molecule has 5 heteroatoms. The first-order valence-corrected chi connectivity index (χ1v) is 6.72. The molecule has 0 radical (unpaired) electrons. The number of ether oxygens (including phenoxy) is 1. The normalized spacial score (nSPS) is 19.8. The molecule has 90 valence electrons. The molecule has 1 saturated heterocycles. The van der Waals surface area contributed by atoms with Gasteiger partial charge in [0, 0.05) is 37.6 Å². The van der Waals surface area contributed by atoms with Crippen molar-refractivity contribution in [3.63, 3.8) is 0 Å². The Morgan fingerprint density at radius 3 is 3.06 bits per heavy atom. The number of nitrogens with one attached hydrogen (secondary N) is 1. The fourth-order valence-electron chi connectivity index (χ4n) is 1.80. The molecule has 4 nitrogen and oxygen atoms in total. The van der Waals surface area contributed by atoms with Crippen molar-refractivity contribution in [1.29, 1.82) is 0 Å². The van der Waals surface area contributed by atoms with Gasteiger partial charge in [0.25, 0.3) is 0 Å². The Morgan fingerprint density at radius 1 is 1.56 bits per heavy atom. The van der Waals surface area contributed by atoms with E-state index in [-0.39, 0.29) is 0 Å². The summed E-state index contributed by atoms with van der Waals surface area (Å²) in [5, 5.41) is 5.60. The summed E-state index contributed by atoms with van der Waals surface area (Å²) in [6.45, 7) is 8.15. The van der Waals surface area contributed by atoms with Gasteiger partial charge in [-0.2, -0.15) is 0 Å². The smallest absolute Gasteiger partial charge is 0.0795 e. The van der Waals surface area contributed by atoms with E-state index >= 15 is 0 Å². The van der Waals surface area contributed by atoms with E-state index in [0.717, 1.165) is 45.1 Å². The van der Waals surface area contributed by atoms with Crippen LogP contribution >= 0.6 is 11.3 Å². The van der Waals surface area contributed by atoms with E-state index in [2.05, 4.69) is 27.5 Å². The molecule has 0 amide bonds. The largest absolute Gasteiger partial charge is 0.379 e. The fourth-order valence-corrected chi connectivity index (χ4v) is 2.45. The molecule has 2 rings (SSSR count). The zero-order chi connectivity index (χ0) is 11.2. The molecule has 1 aromatic rings. The van der Waals surface area contributed by atoms with Crippen LogP contribution in [0.15, 0.2) is 10.9 Å². The van der Waals surface area contributed by atoms with Crippen LogP contribution in [0.2, 0.25) is 0 Å². The topological polar surface area (TPSA) is 37.4 Å². The average Bonchev–Trinajstić information content (AvgIpc) is 2.84. The molecule has 1 N–H and O–H groups in total. The minimum absolute atomic E-state index is 0.354. The maximum absolute atomic E-state index is 5.32. The summed E-state index contributed by atoms with van der Waals surface area (Å²) in [6, 6.07) is 0.354. The SMILES string of the molecule is CC(NCCN1CCOCC1)c1cscn1. The molecule has 0 spiro atoms. The third kappa shape index (κ3) is 3.52. The van der Waals surface area contributed by atoms with Gasteiger partial charge < -0.3 is 10.1 Å². The summed E-state index contributed by atoms with van der Waals surface area (Å²) in [5.41, 5.74) is 3.03. The molecule has 1 aliphatic heterocycles. The van der Waals surface area contributed by atoms with E-state index in [9.17, 15) is 0 Å². The molecule has 0 aromatic carbocycles. The van der Waals surface area contributed by atoms with Crippen LogP contribution in [0.5, 0.6) is 0 Å². The van der Waals surface area contributed by atoms with Gasteiger partial charge in [-0.25, -0.2) is 4.98 Å². The summed E-state index contributed by atoms with van der Waals surface area (Å²) in [5.74, 6) is 0. The second-order valence-corrected chi connectivity index (χ2v) is 4.76. The number of thiazole rings is 1. The number of rotatable bonds is 5. The van der Waals surface area contributed by atoms with Crippen molar-refractivity contribution in [1.82, 2.24) is 15.2 Å². The Labute approximate surface area is 101 Å². The van der Waals surface area contributed by atoms with Crippen LogP contribution in [0.3, 0.4) is 0 Å². The molecule has 16 heavy (non-hydrogen) atoms. The molecular weight excluding hydrogens is 222 g/mol. The second kappa shape index (κ2) is 6.30. The highest BCUT2D eigenvalue weighted by Gasteiger charge is 2.11. The van der Waals surface area contributed by atoms with Crippen LogP contribution in [0.1, 0.15) is 18.7 Å². The lowest BCUT2D eigenvalue weighted by Gasteiger charge is -2.27. The lowest BCUT2D eigenvalue weighted by atomic mass is 10.2. The van der Waals surface area contributed by atoms with Gasteiger partial charge in [0.1, 0.15) is 0 Å². The molecule has 1 fully saturated rings. The van der Waals surface area contributed by atoms with E-state index in [1.807, 2.05) is 5.51 Å². The first-order chi connectivity index (χ1) is 7.86. The van der Waals surface area contributed by atoms with Crippen LogP contribution in [0.25, 0.3) is 0 Å². The lowest BCUT2D eigenvalue weighted by Crippen LogP contribution is -2.40. The van der Waals surface area contributed by atoms with Crippen molar-refractivity contribution >= 4 is 11.3 Å². The predicted octanol–water partition coefficient (Wildman–Crippen LogP) is 1.13. The third-order valence-corrected chi connectivity index (χ3v) is 3.48. The standard InChI is InChI=1S/C11H19N3OS/c1-10(11-8-16-9-13-11)12-2-3-14-4-6-15-7-5-14/h8-10,12H,2-7H2,1H3. The highest BCUT2D eigenvalue weighted by molar-refractivity contribution is 7.07. The van der Waals surface area contributed by atoms with Crippen molar-refractivity contribution in [2.75, 3.05) is 39.4 Å². The molecule has 1 unspecified atom stereocenters. The molecular formula is C11H19N3OS. The van der Waals surface area contributed by atoms with Gasteiger partial charge >= 0.3 is 0 Å². The van der Waals surface area contributed by atoms with Gasteiger partial charge in [0.15, 0.2) is 0 Å². The van der Waals surface area contributed by atoms with Crippen molar-refractivity contribution in [3.8, 4) is 0 Å². The first-order valence-electron chi connectivity index (χ1n) is 5.78. The molecule has 0 aliphatic carbocycles. The summed E-state index contributed by atoms with van der Waals surface area (Å²) in [7, 11) is 0. The number of nitrogens with zero attached hydrogens (tertiary/aromatic N) is 2. The average molecular weight is 241 g/mol. The minimum Gasteiger partial charge on any atom is -0.379 e. The number of aromatic nitrogens is 1. The van der Waals surface area contributed by atoms with Crippen LogP contribution in [-0.4, -0.2) is 49.3 Å². The maximum Gasteiger partial charge on any atom is 0.0795 e. The molecule has 2 heterocycles. The monoisotopic (exact) mass is 241 g/mol. The molecule has 1 aliphatic rings. The van der Waals surface area contributed by atoms with Crippen molar-refractivity contribution in [2.24, 2.45) is 0 Å². The second-order valence-electron chi connectivity index (χ2n) is 4.04. The van der Waals surface area contributed by atoms with Gasteiger partial charge in [-0.3, -0.25) is 4.90 Å². The Bertz CT molecular complexity index is 285. The van der Waals surface area contributed by atoms with Gasteiger partial charge in [-0.05, 0) is 6.92 Å². The zero-order valence-corrected chi connectivity index (χ0v) is 10.5. The highest BCUT2D eigenvalue weighted by Crippen LogP contribution is 2.11. The predicted molar refractivity (Wildman–Crippen MR) is 65.8 cm³/mol. The summed E-state index contributed by atoms with van der Waals surface area (Å²) >= 11 is 1.65. The summed E-state index contributed by atoms with van der Waals surface area (Å²) < 4.78 is 5.32. The number of morpholine rings is 1. The highest BCUT2D eigenvalue weighted by atomic mass is 32.1. The summed E-state index contributed by atoms with van der Waals surface area (Å²) in [4.78, 5) is 6.74. The van der Waals surface area contributed by atoms with Crippen LogP contribution in [0.4, 0.5) is 0 Å². The zero-order valence-electron chi connectivity index (χ0n) is 9.69. The fraction of sp³-hybridized carbons (Fsp3) is 0.727. The van der Waals surface area contributed by atoms with Crippen molar-refractivity contribution < 1.29 is 4.74 Å². The Kier molecular flexibility index (Phi) is 4.71. The van der Waals surface area contributed by atoms with Crippen molar-refractivity contribution in [3.05, 3.63) is 16.6 Å². The van der Waals surface area contributed by atoms with Gasteiger partial charge in [0.2, 0.25) is 0 Å². The number of hydrogen-bond acceptors (Lipinski definition) is 5. The van der Waals surface area contributed by atoms with Crippen molar-refractivity contribution in [2.45, 2.75) is 13.0 Å². The van der Waals surface area contributed by atoms with Gasteiger partial charge in [-0.1, -0.05) is 0 Å². The lowest BCUT2D eigenvalue weighted by molar-refractivity contribution is 0.0382. The quantitative estimate of drug-likeness (QED) is 0.838. The van der Waals surface area contributed by atoms with E-state index < -0.39 is 0 Å². The van der Waals surface area contributed by atoms with E-state index in [4.69, 9.17) is 4.74 Å². The number of hydrogen-bond donors (Lipinski definition) is 1. The molecule has 1 atom stereocenters. The van der Waals surface area contributed by atoms with E-state index in [1.165, 1.54) is 0 Å². The van der Waals surface area contributed by atoms with Crippen LogP contribution in [-0.2, 0) is 4.74 Å². The van der Waals surface area contributed by atoms with Crippen LogP contribution in [0, 0.1) is 0 Å².